The molecule has 3 N–H and O–H groups in total. The molecule has 0 aromatic carbocycles. The first kappa shape index (κ1) is 13.1. The molecule has 0 bridgehead atoms. The van der Waals surface area contributed by atoms with Gasteiger partial charge in [0, 0.05) is 6.54 Å². The number of hydrogen-bond acceptors (Lipinski definition) is 5. The predicted molar refractivity (Wildman–Crippen MR) is 58.1 cm³/mol. The van der Waals surface area contributed by atoms with Gasteiger partial charge < -0.3 is 10.2 Å². The maximum absolute atomic E-state index is 11.6. The van der Waals surface area contributed by atoms with Crippen molar-refractivity contribution >= 4 is 27.3 Å². The van der Waals surface area contributed by atoms with Gasteiger partial charge in [0.2, 0.25) is 10.0 Å². The van der Waals surface area contributed by atoms with E-state index in [-0.39, 0.29) is 15.6 Å². The highest BCUT2D eigenvalue weighted by Crippen LogP contribution is 2.21. The number of aromatic carboxylic acids is 1. The lowest BCUT2D eigenvalue weighted by atomic mass is 10.4. The second-order valence-electron chi connectivity index (χ2n) is 3.12. The fourth-order valence-electron chi connectivity index (χ4n) is 0.881. The third kappa shape index (κ3) is 3.27. The Hall–Kier alpha value is -0.960. The van der Waals surface area contributed by atoms with E-state index in [1.165, 1.54) is 19.1 Å². The van der Waals surface area contributed by atoms with Crippen LogP contribution in [0.15, 0.2) is 16.3 Å². The Morgan fingerprint density at radius 3 is 2.62 bits per heavy atom. The van der Waals surface area contributed by atoms with Crippen molar-refractivity contribution in [2.45, 2.75) is 17.2 Å². The summed E-state index contributed by atoms with van der Waals surface area (Å²) in [7, 11) is -3.72. The summed E-state index contributed by atoms with van der Waals surface area (Å²) in [5.41, 5.74) is 0. The van der Waals surface area contributed by atoms with Gasteiger partial charge in [-0.05, 0) is 19.1 Å². The van der Waals surface area contributed by atoms with Crippen molar-refractivity contribution in [1.29, 1.82) is 0 Å². The standard InChI is InChI=1S/C8H11NO5S2/c1-5(10)4-9-16(13,14)7-3-2-6(15-7)8(11)12/h2-3,5,9-10H,4H2,1H3,(H,11,12)/t5-/m1/s1. The van der Waals surface area contributed by atoms with Crippen molar-refractivity contribution in [2.24, 2.45) is 0 Å². The second kappa shape index (κ2) is 4.91. The maximum atomic E-state index is 11.6. The molecule has 0 aliphatic carbocycles. The topological polar surface area (TPSA) is 104 Å². The van der Waals surface area contributed by atoms with Crippen LogP contribution in [0, 0.1) is 0 Å². The smallest absolute Gasteiger partial charge is 0.345 e. The normalized spacial score (nSPS) is 13.6. The molecule has 8 heteroatoms. The van der Waals surface area contributed by atoms with Crippen molar-refractivity contribution in [3.8, 4) is 0 Å². The van der Waals surface area contributed by atoms with E-state index < -0.39 is 22.1 Å². The van der Waals surface area contributed by atoms with Crippen molar-refractivity contribution in [2.75, 3.05) is 6.54 Å². The van der Waals surface area contributed by atoms with Crippen molar-refractivity contribution in [1.82, 2.24) is 4.72 Å². The molecule has 0 saturated heterocycles. The van der Waals surface area contributed by atoms with Gasteiger partial charge in [0.15, 0.2) is 0 Å². The molecule has 1 rings (SSSR count). The lowest BCUT2D eigenvalue weighted by Gasteiger charge is -2.05. The highest BCUT2D eigenvalue weighted by Gasteiger charge is 2.18. The van der Waals surface area contributed by atoms with Crippen LogP contribution in [0.1, 0.15) is 16.6 Å². The second-order valence-corrected chi connectivity index (χ2v) is 6.20. The van der Waals surface area contributed by atoms with Crippen LogP contribution >= 0.6 is 11.3 Å². The van der Waals surface area contributed by atoms with Gasteiger partial charge in [0.1, 0.15) is 9.09 Å². The molecule has 0 fully saturated rings. The monoisotopic (exact) mass is 265 g/mol. The van der Waals surface area contributed by atoms with Gasteiger partial charge in [-0.15, -0.1) is 11.3 Å². The van der Waals surface area contributed by atoms with Crippen molar-refractivity contribution in [3.63, 3.8) is 0 Å². The Morgan fingerprint density at radius 2 is 2.19 bits per heavy atom. The minimum absolute atomic E-state index is 0.0441. The lowest BCUT2D eigenvalue weighted by molar-refractivity contribution is 0.0702. The molecule has 0 spiro atoms. The summed E-state index contributed by atoms with van der Waals surface area (Å²) >= 11 is 0.668. The molecular weight excluding hydrogens is 254 g/mol. The zero-order valence-electron chi connectivity index (χ0n) is 8.37. The molecule has 1 heterocycles. The first-order valence-corrected chi connectivity index (χ1v) is 6.64. The number of aliphatic hydroxyl groups is 1. The summed E-state index contributed by atoms with van der Waals surface area (Å²) < 4.78 is 25.2. The molecule has 0 radical (unpaired) electrons. The van der Waals surface area contributed by atoms with E-state index in [9.17, 15) is 13.2 Å². The van der Waals surface area contributed by atoms with Gasteiger partial charge >= 0.3 is 5.97 Å². The summed E-state index contributed by atoms with van der Waals surface area (Å²) in [6, 6.07) is 2.45. The van der Waals surface area contributed by atoms with Crippen LogP contribution in [-0.2, 0) is 10.0 Å². The molecule has 16 heavy (non-hydrogen) atoms. The number of carbonyl (C=O) groups is 1. The van der Waals surface area contributed by atoms with Crippen LogP contribution in [0.3, 0.4) is 0 Å². The van der Waals surface area contributed by atoms with E-state index in [0.717, 1.165) is 0 Å². The van der Waals surface area contributed by atoms with E-state index in [1.54, 1.807) is 0 Å². The Balaban J connectivity index is 2.86. The van der Waals surface area contributed by atoms with Crippen LogP contribution in [0.5, 0.6) is 0 Å². The fraction of sp³-hybridized carbons (Fsp3) is 0.375. The Kier molecular flexibility index (Phi) is 4.03. The van der Waals surface area contributed by atoms with Gasteiger partial charge in [-0.25, -0.2) is 17.9 Å². The summed E-state index contributed by atoms with van der Waals surface area (Å²) in [6.45, 7) is 1.34. The van der Waals surface area contributed by atoms with Crippen LogP contribution in [0.25, 0.3) is 0 Å². The van der Waals surface area contributed by atoms with Gasteiger partial charge in [-0.1, -0.05) is 0 Å². The molecule has 0 saturated carbocycles. The lowest BCUT2D eigenvalue weighted by Crippen LogP contribution is -2.30. The third-order valence-corrected chi connectivity index (χ3v) is 4.61. The number of rotatable bonds is 5. The van der Waals surface area contributed by atoms with Crippen LogP contribution in [0.2, 0.25) is 0 Å². The third-order valence-electron chi connectivity index (χ3n) is 1.63. The average molecular weight is 265 g/mol. The molecule has 0 amide bonds. The van der Waals surface area contributed by atoms with E-state index in [0.29, 0.717) is 11.3 Å². The van der Waals surface area contributed by atoms with Crippen LogP contribution in [-0.4, -0.2) is 37.2 Å². The van der Waals surface area contributed by atoms with Gasteiger partial charge in [0.05, 0.1) is 6.10 Å². The minimum atomic E-state index is -3.72. The van der Waals surface area contributed by atoms with Gasteiger partial charge in [0.25, 0.3) is 0 Å². The van der Waals surface area contributed by atoms with E-state index in [4.69, 9.17) is 10.2 Å². The zero-order valence-corrected chi connectivity index (χ0v) is 10.0. The average Bonchev–Trinajstić information content (AvgIpc) is 2.64. The predicted octanol–water partition coefficient (Wildman–Crippen LogP) is 0.105. The van der Waals surface area contributed by atoms with Gasteiger partial charge in [-0.2, -0.15) is 0 Å². The van der Waals surface area contributed by atoms with E-state index in [1.807, 2.05) is 0 Å². The number of thiophene rings is 1. The molecule has 0 aliphatic rings. The van der Waals surface area contributed by atoms with Crippen LogP contribution in [0.4, 0.5) is 0 Å². The van der Waals surface area contributed by atoms with Crippen LogP contribution < -0.4 is 4.72 Å². The molecule has 1 aromatic rings. The number of aliphatic hydroxyl groups excluding tert-OH is 1. The molecule has 90 valence electrons. The summed E-state index contributed by atoms with van der Waals surface area (Å²) in [5.74, 6) is -1.16. The number of nitrogens with one attached hydrogen (secondary N) is 1. The Labute approximate surface area is 96.6 Å². The largest absolute Gasteiger partial charge is 0.477 e. The Morgan fingerprint density at radius 1 is 1.56 bits per heavy atom. The maximum Gasteiger partial charge on any atom is 0.345 e. The van der Waals surface area contributed by atoms with E-state index >= 15 is 0 Å². The minimum Gasteiger partial charge on any atom is -0.477 e. The first-order valence-electron chi connectivity index (χ1n) is 4.34. The molecule has 0 aliphatic heterocycles. The molecular formula is C8H11NO5S2. The number of carboxylic acids is 1. The SMILES string of the molecule is C[C@@H](O)CNS(=O)(=O)c1ccc(C(=O)O)s1. The highest BCUT2D eigenvalue weighted by molar-refractivity contribution is 7.91. The summed E-state index contributed by atoms with van der Waals surface area (Å²) in [6.07, 6.45) is -0.798. The summed E-state index contributed by atoms with van der Waals surface area (Å²) in [4.78, 5) is 10.5. The Bertz CT molecular complexity index is 476. The summed E-state index contributed by atoms with van der Waals surface area (Å²) in [5, 5.41) is 17.6. The van der Waals surface area contributed by atoms with Crippen molar-refractivity contribution < 1.29 is 23.4 Å². The molecule has 6 nitrogen and oxygen atoms in total. The fourth-order valence-corrected chi connectivity index (χ4v) is 3.19. The van der Waals surface area contributed by atoms with E-state index in [2.05, 4.69) is 4.72 Å². The highest BCUT2D eigenvalue weighted by atomic mass is 32.2. The number of carboxylic acid groups (broad SMARTS) is 1. The molecule has 0 unspecified atom stereocenters. The zero-order chi connectivity index (χ0) is 12.3. The molecule has 1 aromatic heterocycles. The number of hydrogen-bond donors (Lipinski definition) is 3. The quantitative estimate of drug-likeness (QED) is 0.700. The van der Waals surface area contributed by atoms with Crippen molar-refractivity contribution in [3.05, 3.63) is 17.0 Å². The first-order chi connectivity index (χ1) is 7.33. The molecule has 1 atom stereocenters. The van der Waals surface area contributed by atoms with Gasteiger partial charge in [-0.3, -0.25) is 0 Å². The number of sulfonamides is 1.